The zero-order valence-electron chi connectivity index (χ0n) is 6.44. The molecular weight excluding hydrogens is 192 g/mol. The van der Waals surface area contributed by atoms with Crippen molar-refractivity contribution in [3.8, 4) is 11.5 Å². The van der Waals surface area contributed by atoms with Crippen molar-refractivity contribution in [2.45, 2.75) is 0 Å². The Balaban J connectivity index is 3.10. The van der Waals surface area contributed by atoms with Gasteiger partial charge in [-0.1, -0.05) is 12.2 Å². The van der Waals surface area contributed by atoms with Gasteiger partial charge in [0, 0.05) is 5.56 Å². The van der Waals surface area contributed by atoms with E-state index in [0.717, 1.165) is 0 Å². The molecule has 12 heavy (non-hydrogen) atoms. The standard InChI is InChI=1S/C8H8O2S2/c1-10-7-3-2-5(8(11)12)4-6(7)9/h2-4,9H,1H3,(H,11,12). The van der Waals surface area contributed by atoms with Crippen molar-refractivity contribution >= 4 is 29.0 Å². The molecule has 4 heteroatoms. The molecule has 1 rings (SSSR count). The van der Waals surface area contributed by atoms with Crippen LogP contribution in [0.1, 0.15) is 5.56 Å². The van der Waals surface area contributed by atoms with Crippen LogP contribution in [-0.4, -0.2) is 16.4 Å². The molecule has 0 fully saturated rings. The maximum Gasteiger partial charge on any atom is 0.160 e. The minimum atomic E-state index is 0.0754. The van der Waals surface area contributed by atoms with Crippen LogP contribution in [-0.2, 0) is 0 Å². The molecule has 0 unspecified atom stereocenters. The van der Waals surface area contributed by atoms with E-state index < -0.39 is 0 Å². The van der Waals surface area contributed by atoms with Gasteiger partial charge in [-0.2, -0.15) is 0 Å². The third kappa shape index (κ3) is 1.89. The molecule has 0 aliphatic carbocycles. The van der Waals surface area contributed by atoms with Gasteiger partial charge in [0.15, 0.2) is 11.5 Å². The summed E-state index contributed by atoms with van der Waals surface area (Å²) in [6.45, 7) is 0. The molecule has 0 radical (unpaired) electrons. The first-order valence-electron chi connectivity index (χ1n) is 3.25. The molecule has 0 saturated heterocycles. The van der Waals surface area contributed by atoms with Crippen molar-refractivity contribution in [1.29, 1.82) is 0 Å². The molecule has 1 aromatic rings. The fourth-order valence-corrected chi connectivity index (χ4v) is 1.09. The number of methoxy groups -OCH3 is 1. The first-order valence-corrected chi connectivity index (χ1v) is 4.11. The van der Waals surface area contributed by atoms with E-state index in [0.29, 0.717) is 15.5 Å². The van der Waals surface area contributed by atoms with Crippen LogP contribution in [0.4, 0.5) is 0 Å². The van der Waals surface area contributed by atoms with Crippen molar-refractivity contribution in [2.24, 2.45) is 0 Å². The number of aromatic hydroxyl groups is 1. The Kier molecular flexibility index (Phi) is 2.94. The van der Waals surface area contributed by atoms with E-state index in [2.05, 4.69) is 12.6 Å². The van der Waals surface area contributed by atoms with Crippen molar-refractivity contribution in [3.05, 3.63) is 23.8 Å². The summed E-state index contributed by atoms with van der Waals surface area (Å²) < 4.78 is 5.31. The van der Waals surface area contributed by atoms with Crippen molar-refractivity contribution < 1.29 is 9.84 Å². The summed E-state index contributed by atoms with van der Waals surface area (Å²) in [5, 5.41) is 9.32. The zero-order chi connectivity index (χ0) is 9.14. The molecule has 0 aliphatic rings. The predicted molar refractivity (Wildman–Crippen MR) is 55.3 cm³/mol. The molecule has 0 atom stereocenters. The summed E-state index contributed by atoms with van der Waals surface area (Å²) in [7, 11) is 1.49. The number of hydrogen-bond acceptors (Lipinski definition) is 3. The van der Waals surface area contributed by atoms with Crippen LogP contribution in [0.25, 0.3) is 0 Å². The lowest BCUT2D eigenvalue weighted by molar-refractivity contribution is 0.373. The van der Waals surface area contributed by atoms with Crippen LogP contribution in [0.15, 0.2) is 18.2 Å². The SMILES string of the molecule is COc1ccc(C(=S)S)cc1O. The Morgan fingerprint density at radius 2 is 2.25 bits per heavy atom. The molecule has 0 aliphatic heterocycles. The van der Waals surface area contributed by atoms with Gasteiger partial charge in [0.25, 0.3) is 0 Å². The molecule has 0 bridgehead atoms. The topological polar surface area (TPSA) is 29.5 Å². The van der Waals surface area contributed by atoms with Gasteiger partial charge in [0.2, 0.25) is 0 Å². The molecule has 0 spiro atoms. The molecule has 64 valence electrons. The van der Waals surface area contributed by atoms with Crippen LogP contribution < -0.4 is 4.74 Å². The third-order valence-corrected chi connectivity index (χ3v) is 1.92. The normalized spacial score (nSPS) is 9.50. The number of benzene rings is 1. The highest BCUT2D eigenvalue weighted by Gasteiger charge is 2.03. The van der Waals surface area contributed by atoms with Gasteiger partial charge in [0.05, 0.1) is 11.3 Å². The quantitative estimate of drug-likeness (QED) is 0.565. The predicted octanol–water partition coefficient (Wildman–Crippen LogP) is 2.01. The number of phenolic OH excluding ortho intramolecular Hbond substituents is 1. The first-order chi connectivity index (χ1) is 5.65. The summed E-state index contributed by atoms with van der Waals surface area (Å²) in [6.07, 6.45) is 0. The lowest BCUT2D eigenvalue weighted by Crippen LogP contribution is -1.89. The van der Waals surface area contributed by atoms with Gasteiger partial charge in [-0.25, -0.2) is 0 Å². The first kappa shape index (κ1) is 9.35. The van der Waals surface area contributed by atoms with E-state index in [1.54, 1.807) is 12.1 Å². The number of ether oxygens (including phenoxy) is 1. The van der Waals surface area contributed by atoms with Crippen LogP contribution >= 0.6 is 24.8 Å². The lowest BCUT2D eigenvalue weighted by Gasteiger charge is -2.03. The Morgan fingerprint density at radius 1 is 1.58 bits per heavy atom. The van der Waals surface area contributed by atoms with Crippen molar-refractivity contribution in [3.63, 3.8) is 0 Å². The summed E-state index contributed by atoms with van der Waals surface area (Å²) in [6, 6.07) is 4.91. The number of hydrogen-bond donors (Lipinski definition) is 2. The average Bonchev–Trinajstić information content (AvgIpc) is 2.04. The largest absolute Gasteiger partial charge is 0.504 e. The molecule has 1 aromatic carbocycles. The smallest absolute Gasteiger partial charge is 0.160 e. The fraction of sp³-hybridized carbons (Fsp3) is 0.125. The molecule has 0 heterocycles. The monoisotopic (exact) mass is 200 g/mol. The average molecular weight is 200 g/mol. The zero-order valence-corrected chi connectivity index (χ0v) is 8.15. The highest BCUT2D eigenvalue weighted by molar-refractivity contribution is 8.11. The van der Waals surface area contributed by atoms with E-state index in [1.165, 1.54) is 13.2 Å². The number of rotatable bonds is 2. The Morgan fingerprint density at radius 3 is 2.67 bits per heavy atom. The number of phenols is 1. The van der Waals surface area contributed by atoms with Gasteiger partial charge in [-0.3, -0.25) is 0 Å². The van der Waals surface area contributed by atoms with E-state index in [-0.39, 0.29) is 5.75 Å². The maximum atomic E-state index is 9.32. The molecule has 0 amide bonds. The van der Waals surface area contributed by atoms with E-state index in [4.69, 9.17) is 17.0 Å². The second kappa shape index (κ2) is 3.78. The van der Waals surface area contributed by atoms with Crippen LogP contribution in [0.2, 0.25) is 0 Å². The van der Waals surface area contributed by atoms with Gasteiger partial charge in [0.1, 0.15) is 0 Å². The van der Waals surface area contributed by atoms with Gasteiger partial charge in [-0.15, -0.1) is 12.6 Å². The van der Waals surface area contributed by atoms with Crippen molar-refractivity contribution in [2.75, 3.05) is 7.11 Å². The Bertz CT molecular complexity index is 310. The van der Waals surface area contributed by atoms with Crippen LogP contribution in [0, 0.1) is 0 Å². The van der Waals surface area contributed by atoms with Gasteiger partial charge < -0.3 is 9.84 Å². The van der Waals surface area contributed by atoms with E-state index in [9.17, 15) is 5.11 Å². The second-order valence-corrected chi connectivity index (χ2v) is 3.35. The van der Waals surface area contributed by atoms with E-state index >= 15 is 0 Å². The number of thiol groups is 1. The molecule has 2 nitrogen and oxygen atoms in total. The van der Waals surface area contributed by atoms with Crippen molar-refractivity contribution in [1.82, 2.24) is 0 Å². The minimum Gasteiger partial charge on any atom is -0.504 e. The van der Waals surface area contributed by atoms with Gasteiger partial charge in [-0.05, 0) is 18.2 Å². The Hall–Kier alpha value is -0.740. The number of thiocarbonyl (C=S) groups is 1. The summed E-state index contributed by atoms with van der Waals surface area (Å²) >= 11 is 8.79. The molecular formula is C8H8O2S2. The minimum absolute atomic E-state index is 0.0754. The maximum absolute atomic E-state index is 9.32. The van der Waals surface area contributed by atoms with Gasteiger partial charge >= 0.3 is 0 Å². The summed E-state index contributed by atoms with van der Waals surface area (Å²) in [5.41, 5.74) is 0.714. The molecule has 0 saturated carbocycles. The van der Waals surface area contributed by atoms with Crippen LogP contribution in [0.5, 0.6) is 11.5 Å². The molecule has 0 aromatic heterocycles. The second-order valence-electron chi connectivity index (χ2n) is 2.19. The van der Waals surface area contributed by atoms with Crippen LogP contribution in [0.3, 0.4) is 0 Å². The summed E-state index contributed by atoms with van der Waals surface area (Å²) in [4.78, 5) is 0. The van der Waals surface area contributed by atoms with E-state index in [1.807, 2.05) is 0 Å². The Labute approximate surface area is 81.6 Å². The fourth-order valence-electron chi connectivity index (χ4n) is 0.823. The summed E-state index contributed by atoms with van der Waals surface area (Å²) in [5.74, 6) is 0.509. The molecule has 1 N–H and O–H groups in total. The highest BCUT2D eigenvalue weighted by atomic mass is 32.1. The third-order valence-electron chi connectivity index (χ3n) is 1.43. The highest BCUT2D eigenvalue weighted by Crippen LogP contribution is 2.26. The lowest BCUT2D eigenvalue weighted by atomic mass is 10.2.